The largest absolute Gasteiger partial charge is 0.371 e. The van der Waals surface area contributed by atoms with E-state index in [1.54, 1.807) is 26.0 Å². The average Bonchev–Trinajstić information content (AvgIpc) is 2.59. The van der Waals surface area contributed by atoms with Crippen LogP contribution in [0, 0.1) is 0 Å². The molecule has 2 rings (SSSR count). The van der Waals surface area contributed by atoms with E-state index in [9.17, 15) is 13.5 Å². The van der Waals surface area contributed by atoms with Crippen molar-refractivity contribution >= 4 is 9.84 Å². The summed E-state index contributed by atoms with van der Waals surface area (Å²) in [5, 5.41) is 9.89. The van der Waals surface area contributed by atoms with Gasteiger partial charge in [-0.1, -0.05) is 24.3 Å². The van der Waals surface area contributed by atoms with E-state index in [1.807, 2.05) is 12.1 Å². The first-order valence-electron chi connectivity index (χ1n) is 5.44. The normalized spacial score (nSPS) is 24.8. The lowest BCUT2D eigenvalue weighted by molar-refractivity contribution is 0.125. The van der Waals surface area contributed by atoms with E-state index in [-0.39, 0.29) is 6.42 Å². The van der Waals surface area contributed by atoms with Crippen LogP contribution < -0.4 is 0 Å². The molecular formula is C12H16O3S. The van der Waals surface area contributed by atoms with Gasteiger partial charge in [-0.15, -0.1) is 0 Å². The van der Waals surface area contributed by atoms with Crippen LogP contribution in [-0.4, -0.2) is 18.8 Å². The van der Waals surface area contributed by atoms with Crippen molar-refractivity contribution in [2.75, 3.05) is 0 Å². The Balaban J connectivity index is 2.59. The summed E-state index contributed by atoms with van der Waals surface area (Å²) in [5.41, 5.74) is 1.50. The summed E-state index contributed by atoms with van der Waals surface area (Å²) in [7, 11) is -3.53. The monoisotopic (exact) mass is 240 g/mol. The number of sulfone groups is 1. The van der Waals surface area contributed by atoms with Gasteiger partial charge in [-0.05, 0) is 32.3 Å². The predicted octanol–water partition coefficient (Wildman–Crippen LogP) is 1.60. The van der Waals surface area contributed by atoms with Gasteiger partial charge in [0.1, 0.15) is 0 Å². The van der Waals surface area contributed by atoms with Crippen LogP contribution in [0.25, 0.3) is 0 Å². The van der Waals surface area contributed by atoms with Crippen molar-refractivity contribution in [2.24, 2.45) is 0 Å². The number of rotatable bonds is 2. The van der Waals surface area contributed by atoms with Gasteiger partial charge in [0.05, 0.1) is 5.25 Å². The van der Waals surface area contributed by atoms with Crippen molar-refractivity contribution in [1.29, 1.82) is 0 Å². The first-order chi connectivity index (χ1) is 7.39. The second kappa shape index (κ2) is 3.57. The Morgan fingerprint density at radius 2 is 1.94 bits per heavy atom. The molecular weight excluding hydrogens is 224 g/mol. The van der Waals surface area contributed by atoms with Crippen LogP contribution in [0.5, 0.6) is 0 Å². The van der Waals surface area contributed by atoms with E-state index in [4.69, 9.17) is 0 Å². The summed E-state index contributed by atoms with van der Waals surface area (Å²) in [5.74, 6) is 0. The Kier molecular flexibility index (Phi) is 2.59. The Hall–Kier alpha value is -0.870. The maximum Gasteiger partial charge on any atom is 0.192 e. The molecule has 1 N–H and O–H groups in total. The van der Waals surface area contributed by atoms with Gasteiger partial charge in [0.2, 0.25) is 0 Å². The molecule has 16 heavy (non-hydrogen) atoms. The molecule has 0 saturated heterocycles. The molecule has 0 aliphatic heterocycles. The van der Waals surface area contributed by atoms with Gasteiger partial charge in [0.15, 0.2) is 14.8 Å². The summed E-state index contributed by atoms with van der Waals surface area (Å²) in [4.78, 5) is -1.68. The Labute approximate surface area is 96.0 Å². The van der Waals surface area contributed by atoms with Gasteiger partial charge in [0.25, 0.3) is 0 Å². The molecule has 88 valence electrons. The lowest BCUT2D eigenvalue weighted by Gasteiger charge is -2.26. The molecule has 0 aromatic heterocycles. The third-order valence-corrected chi connectivity index (χ3v) is 5.87. The molecule has 0 fully saturated rings. The second-order valence-electron chi connectivity index (χ2n) is 4.54. The Bertz CT molecular complexity index is 505. The third-order valence-electron chi connectivity index (χ3n) is 3.26. The van der Waals surface area contributed by atoms with Crippen molar-refractivity contribution < 1.29 is 13.5 Å². The van der Waals surface area contributed by atoms with Crippen LogP contribution in [-0.2, 0) is 21.2 Å². The van der Waals surface area contributed by atoms with Gasteiger partial charge in [-0.25, -0.2) is 8.42 Å². The zero-order chi connectivity index (χ0) is 12.0. The number of aryl methyl sites for hydroxylation is 1. The minimum atomic E-state index is -3.53. The molecule has 1 aliphatic rings. The fourth-order valence-electron chi connectivity index (χ4n) is 2.24. The summed E-state index contributed by atoms with van der Waals surface area (Å²) in [6, 6.07) is 7.23. The summed E-state index contributed by atoms with van der Waals surface area (Å²) in [6.45, 7) is 3.21. The molecule has 1 atom stereocenters. The van der Waals surface area contributed by atoms with Crippen molar-refractivity contribution in [3.05, 3.63) is 35.4 Å². The van der Waals surface area contributed by atoms with Crippen LogP contribution in [0.4, 0.5) is 0 Å². The molecule has 1 aliphatic carbocycles. The van der Waals surface area contributed by atoms with Gasteiger partial charge in [-0.3, -0.25) is 0 Å². The Morgan fingerprint density at radius 1 is 1.31 bits per heavy atom. The molecule has 0 amide bonds. The zero-order valence-electron chi connectivity index (χ0n) is 9.47. The van der Waals surface area contributed by atoms with E-state index in [2.05, 4.69) is 0 Å². The van der Waals surface area contributed by atoms with Crippen molar-refractivity contribution in [3.8, 4) is 0 Å². The second-order valence-corrected chi connectivity index (χ2v) is 7.24. The topological polar surface area (TPSA) is 54.4 Å². The molecule has 0 heterocycles. The molecule has 1 aromatic rings. The highest BCUT2D eigenvalue weighted by atomic mass is 32.2. The number of benzene rings is 1. The quantitative estimate of drug-likeness (QED) is 0.854. The van der Waals surface area contributed by atoms with Gasteiger partial charge < -0.3 is 5.11 Å². The minimum Gasteiger partial charge on any atom is -0.371 e. The molecule has 0 bridgehead atoms. The van der Waals surface area contributed by atoms with Gasteiger partial charge >= 0.3 is 0 Å². The molecule has 0 radical (unpaired) electrons. The average molecular weight is 240 g/mol. The van der Waals surface area contributed by atoms with Crippen LogP contribution in [0.1, 0.15) is 31.4 Å². The number of hydrogen-bond acceptors (Lipinski definition) is 3. The number of fused-ring (bicyclic) bond motifs is 1. The number of aliphatic hydroxyl groups is 1. The van der Waals surface area contributed by atoms with Crippen LogP contribution in [0.15, 0.2) is 24.3 Å². The first kappa shape index (κ1) is 11.6. The highest BCUT2D eigenvalue weighted by molar-refractivity contribution is 7.92. The molecule has 1 unspecified atom stereocenters. The van der Waals surface area contributed by atoms with E-state index in [0.717, 1.165) is 5.56 Å². The lowest BCUT2D eigenvalue weighted by atomic mass is 10.1. The van der Waals surface area contributed by atoms with E-state index in [0.29, 0.717) is 12.0 Å². The van der Waals surface area contributed by atoms with Crippen molar-refractivity contribution in [2.45, 2.75) is 36.9 Å². The molecule has 0 spiro atoms. The highest BCUT2D eigenvalue weighted by Crippen LogP contribution is 2.42. The maximum absolute atomic E-state index is 12.2. The van der Waals surface area contributed by atoms with Crippen molar-refractivity contribution in [3.63, 3.8) is 0 Å². The predicted molar refractivity (Wildman–Crippen MR) is 62.7 cm³/mol. The van der Waals surface area contributed by atoms with Gasteiger partial charge in [-0.2, -0.15) is 0 Å². The fourth-order valence-corrected chi connectivity index (χ4v) is 3.92. The number of hydrogen-bond donors (Lipinski definition) is 1. The van der Waals surface area contributed by atoms with E-state index in [1.165, 1.54) is 0 Å². The highest BCUT2D eigenvalue weighted by Gasteiger charge is 2.49. The molecule has 3 nitrogen and oxygen atoms in total. The zero-order valence-corrected chi connectivity index (χ0v) is 10.3. The maximum atomic E-state index is 12.2. The smallest absolute Gasteiger partial charge is 0.192 e. The van der Waals surface area contributed by atoms with Crippen LogP contribution >= 0.6 is 0 Å². The summed E-state index contributed by atoms with van der Waals surface area (Å²) in [6.07, 6.45) is 0.894. The SMILES string of the molecule is CC(C)S(=O)(=O)C1(O)CCc2ccccc21. The van der Waals surface area contributed by atoms with E-state index >= 15 is 0 Å². The summed E-state index contributed by atoms with van der Waals surface area (Å²) < 4.78 is 24.3. The molecule has 1 aromatic carbocycles. The third kappa shape index (κ3) is 1.40. The van der Waals surface area contributed by atoms with Gasteiger partial charge in [0, 0.05) is 5.56 Å². The van der Waals surface area contributed by atoms with Crippen molar-refractivity contribution in [1.82, 2.24) is 0 Å². The first-order valence-corrected chi connectivity index (χ1v) is 6.98. The standard InChI is InChI=1S/C12H16O3S/c1-9(2)16(14,15)12(13)8-7-10-5-3-4-6-11(10)12/h3-6,9,13H,7-8H2,1-2H3. The minimum absolute atomic E-state index is 0.271. The summed E-state index contributed by atoms with van der Waals surface area (Å²) >= 11 is 0. The van der Waals surface area contributed by atoms with Crippen LogP contribution in [0.3, 0.4) is 0 Å². The molecule has 0 saturated carbocycles. The van der Waals surface area contributed by atoms with Crippen LogP contribution in [0.2, 0.25) is 0 Å². The lowest BCUT2D eigenvalue weighted by Crippen LogP contribution is -2.38. The van der Waals surface area contributed by atoms with E-state index < -0.39 is 20.0 Å². The fraction of sp³-hybridized carbons (Fsp3) is 0.500. The molecule has 4 heteroatoms. The Morgan fingerprint density at radius 3 is 2.56 bits per heavy atom.